The van der Waals surface area contributed by atoms with Crippen LogP contribution in [-0.4, -0.2) is 21.1 Å². The number of benzene rings is 2. The maximum atomic E-state index is 9.61. The van der Waals surface area contributed by atoms with E-state index in [4.69, 9.17) is 11.6 Å². The summed E-state index contributed by atoms with van der Waals surface area (Å²) in [5.74, 6) is 0. The van der Waals surface area contributed by atoms with E-state index in [1.165, 1.54) is 4.90 Å². The molecule has 3 nitrogen and oxygen atoms in total. The molecule has 2 aromatic carbocycles. The van der Waals surface area contributed by atoms with E-state index in [0.29, 0.717) is 5.02 Å². The summed E-state index contributed by atoms with van der Waals surface area (Å²) in [5.41, 5.74) is 3.43. The van der Waals surface area contributed by atoms with Crippen molar-refractivity contribution in [1.29, 1.82) is 0 Å². The molecule has 0 saturated heterocycles. The first-order chi connectivity index (χ1) is 10.7. The third kappa shape index (κ3) is 3.04. The molecule has 0 spiro atoms. The molecule has 0 bridgehead atoms. The Morgan fingerprint density at radius 1 is 1.18 bits per heavy atom. The molecule has 0 amide bonds. The molecule has 0 saturated carbocycles. The van der Waals surface area contributed by atoms with Crippen LogP contribution < -0.4 is 0 Å². The molecule has 0 aliphatic rings. The van der Waals surface area contributed by atoms with Crippen LogP contribution >= 0.6 is 23.4 Å². The lowest BCUT2D eigenvalue weighted by Crippen LogP contribution is -1.94. The summed E-state index contributed by atoms with van der Waals surface area (Å²) >= 11 is 7.73. The van der Waals surface area contributed by atoms with Gasteiger partial charge in [0.05, 0.1) is 18.0 Å². The van der Waals surface area contributed by atoms with Crippen molar-refractivity contribution in [2.24, 2.45) is 0 Å². The van der Waals surface area contributed by atoms with Gasteiger partial charge in [-0.1, -0.05) is 29.8 Å². The van der Waals surface area contributed by atoms with Gasteiger partial charge in [-0.3, -0.25) is 0 Å². The third-order valence-corrected chi connectivity index (χ3v) is 4.38. The van der Waals surface area contributed by atoms with E-state index in [2.05, 4.69) is 17.2 Å². The molecule has 1 aromatic heterocycles. The molecule has 0 fully saturated rings. The zero-order chi connectivity index (χ0) is 15.5. The molecule has 0 aliphatic heterocycles. The number of nitrogens with zero attached hydrogens (tertiary/aromatic N) is 2. The standard InChI is InChI=1S/C17H15ClN2OS/c1-22-16-7-5-12(6-8-16)17-13(11-21)10-20(19-17)15-4-2-3-14(18)9-15/h2-10,21H,11H2,1H3. The van der Waals surface area contributed by atoms with Gasteiger partial charge >= 0.3 is 0 Å². The van der Waals surface area contributed by atoms with Gasteiger partial charge in [-0.15, -0.1) is 11.8 Å². The normalized spacial score (nSPS) is 10.9. The molecule has 3 rings (SSSR count). The second-order valence-corrected chi connectivity index (χ2v) is 6.13. The molecule has 0 unspecified atom stereocenters. The van der Waals surface area contributed by atoms with Gasteiger partial charge in [-0.05, 0) is 36.6 Å². The van der Waals surface area contributed by atoms with Gasteiger partial charge in [0.2, 0.25) is 0 Å². The average Bonchev–Trinajstić information content (AvgIpc) is 2.99. The average molecular weight is 331 g/mol. The molecule has 1 heterocycles. The lowest BCUT2D eigenvalue weighted by molar-refractivity contribution is 0.282. The fraction of sp³-hybridized carbons (Fsp3) is 0.118. The maximum absolute atomic E-state index is 9.61. The van der Waals surface area contributed by atoms with E-state index < -0.39 is 0 Å². The maximum Gasteiger partial charge on any atom is 0.0982 e. The van der Waals surface area contributed by atoms with Crippen LogP contribution in [0.25, 0.3) is 16.9 Å². The minimum absolute atomic E-state index is 0.0554. The Hall–Kier alpha value is -1.75. The molecule has 0 aliphatic carbocycles. The van der Waals surface area contributed by atoms with Crippen molar-refractivity contribution in [3.8, 4) is 16.9 Å². The minimum Gasteiger partial charge on any atom is -0.392 e. The van der Waals surface area contributed by atoms with Crippen molar-refractivity contribution in [3.05, 3.63) is 65.3 Å². The molecule has 1 N–H and O–H groups in total. The Morgan fingerprint density at radius 3 is 2.59 bits per heavy atom. The largest absolute Gasteiger partial charge is 0.392 e. The van der Waals surface area contributed by atoms with Gasteiger partial charge in [0, 0.05) is 27.2 Å². The Morgan fingerprint density at radius 2 is 1.95 bits per heavy atom. The second-order valence-electron chi connectivity index (χ2n) is 4.81. The van der Waals surface area contributed by atoms with Crippen molar-refractivity contribution in [2.45, 2.75) is 11.5 Å². The predicted octanol–water partition coefficient (Wildman–Crippen LogP) is 4.41. The van der Waals surface area contributed by atoms with Crippen molar-refractivity contribution in [1.82, 2.24) is 9.78 Å². The molecule has 112 valence electrons. The lowest BCUT2D eigenvalue weighted by atomic mass is 10.1. The van der Waals surface area contributed by atoms with E-state index in [1.807, 2.05) is 48.9 Å². The summed E-state index contributed by atoms with van der Waals surface area (Å²) in [7, 11) is 0. The number of aromatic nitrogens is 2. The number of halogens is 1. The first-order valence-corrected chi connectivity index (χ1v) is 8.41. The van der Waals surface area contributed by atoms with Crippen molar-refractivity contribution >= 4 is 23.4 Å². The summed E-state index contributed by atoms with van der Waals surface area (Å²) in [5, 5.41) is 14.9. The van der Waals surface area contributed by atoms with E-state index >= 15 is 0 Å². The molecule has 0 radical (unpaired) electrons. The summed E-state index contributed by atoms with van der Waals surface area (Å²) < 4.78 is 1.75. The van der Waals surface area contributed by atoms with Crippen LogP contribution in [0.1, 0.15) is 5.56 Å². The summed E-state index contributed by atoms with van der Waals surface area (Å²) in [4.78, 5) is 1.20. The Labute approximate surface area is 138 Å². The van der Waals surface area contributed by atoms with Crippen LogP contribution in [-0.2, 0) is 6.61 Å². The highest BCUT2D eigenvalue weighted by Crippen LogP contribution is 2.26. The highest BCUT2D eigenvalue weighted by Gasteiger charge is 2.11. The number of rotatable bonds is 4. The molecular weight excluding hydrogens is 316 g/mol. The molecular formula is C17H15ClN2OS. The first kappa shape index (κ1) is 15.2. The van der Waals surface area contributed by atoms with Crippen LogP contribution in [0.5, 0.6) is 0 Å². The van der Waals surface area contributed by atoms with Crippen molar-refractivity contribution in [2.75, 3.05) is 6.26 Å². The molecule has 5 heteroatoms. The van der Waals surface area contributed by atoms with Crippen LogP contribution in [0.4, 0.5) is 0 Å². The van der Waals surface area contributed by atoms with Gasteiger partial charge in [0.15, 0.2) is 0 Å². The smallest absolute Gasteiger partial charge is 0.0982 e. The Balaban J connectivity index is 2.04. The zero-order valence-electron chi connectivity index (χ0n) is 12.0. The van der Waals surface area contributed by atoms with E-state index in [1.54, 1.807) is 16.4 Å². The minimum atomic E-state index is -0.0554. The second kappa shape index (κ2) is 6.57. The fourth-order valence-electron chi connectivity index (χ4n) is 2.27. The number of thioether (sulfide) groups is 1. The highest BCUT2D eigenvalue weighted by atomic mass is 35.5. The molecule has 22 heavy (non-hydrogen) atoms. The van der Waals surface area contributed by atoms with Crippen LogP contribution in [0.15, 0.2) is 59.6 Å². The van der Waals surface area contributed by atoms with Crippen molar-refractivity contribution in [3.63, 3.8) is 0 Å². The van der Waals surface area contributed by atoms with Crippen LogP contribution in [0.3, 0.4) is 0 Å². The number of aliphatic hydroxyl groups is 1. The number of hydrogen-bond acceptors (Lipinski definition) is 3. The first-order valence-electron chi connectivity index (χ1n) is 6.81. The third-order valence-electron chi connectivity index (χ3n) is 3.40. The SMILES string of the molecule is CSc1ccc(-c2nn(-c3cccc(Cl)c3)cc2CO)cc1. The Bertz CT molecular complexity index is 784. The van der Waals surface area contributed by atoms with Gasteiger partial charge < -0.3 is 5.11 Å². The monoisotopic (exact) mass is 330 g/mol. The fourth-order valence-corrected chi connectivity index (χ4v) is 2.86. The molecule has 0 atom stereocenters. The van der Waals surface area contributed by atoms with E-state index in [-0.39, 0.29) is 6.61 Å². The summed E-state index contributed by atoms with van der Waals surface area (Å²) in [6, 6.07) is 15.6. The Kier molecular flexibility index (Phi) is 4.52. The van der Waals surface area contributed by atoms with Gasteiger partial charge in [0.25, 0.3) is 0 Å². The quantitative estimate of drug-likeness (QED) is 0.720. The number of hydrogen-bond donors (Lipinski definition) is 1. The van der Waals surface area contributed by atoms with Crippen LogP contribution in [0.2, 0.25) is 5.02 Å². The topological polar surface area (TPSA) is 38.0 Å². The predicted molar refractivity (Wildman–Crippen MR) is 91.7 cm³/mol. The lowest BCUT2D eigenvalue weighted by Gasteiger charge is -2.02. The van der Waals surface area contributed by atoms with Gasteiger partial charge in [-0.2, -0.15) is 5.10 Å². The van der Waals surface area contributed by atoms with Gasteiger partial charge in [-0.25, -0.2) is 4.68 Å². The highest BCUT2D eigenvalue weighted by molar-refractivity contribution is 7.98. The van der Waals surface area contributed by atoms with Crippen molar-refractivity contribution < 1.29 is 5.11 Å². The summed E-state index contributed by atoms with van der Waals surface area (Å²) in [6.07, 6.45) is 3.88. The van der Waals surface area contributed by atoms with Crippen LogP contribution in [0, 0.1) is 0 Å². The summed E-state index contributed by atoms with van der Waals surface area (Å²) in [6.45, 7) is -0.0554. The zero-order valence-corrected chi connectivity index (χ0v) is 13.6. The van der Waals surface area contributed by atoms with E-state index in [0.717, 1.165) is 22.5 Å². The van der Waals surface area contributed by atoms with E-state index in [9.17, 15) is 5.11 Å². The number of aliphatic hydroxyl groups excluding tert-OH is 1. The van der Waals surface area contributed by atoms with Gasteiger partial charge in [0.1, 0.15) is 0 Å². The molecule has 3 aromatic rings.